The molecule has 5 heteroatoms. The van der Waals surface area contributed by atoms with Crippen LogP contribution in [0.15, 0.2) is 28.4 Å². The lowest BCUT2D eigenvalue weighted by Crippen LogP contribution is -2.38. The second kappa shape index (κ2) is 5.79. The van der Waals surface area contributed by atoms with Crippen LogP contribution >= 0.6 is 11.3 Å². The highest BCUT2D eigenvalue weighted by Crippen LogP contribution is 2.30. The molecule has 1 saturated heterocycles. The van der Waals surface area contributed by atoms with Gasteiger partial charge in [-0.3, -0.25) is 4.79 Å². The molecule has 0 bridgehead atoms. The Morgan fingerprint density at radius 2 is 2.50 bits per heavy atom. The van der Waals surface area contributed by atoms with E-state index in [-0.39, 0.29) is 5.91 Å². The molecule has 2 aromatic heterocycles. The SMILES string of the molecule is CCc1csc([C@H]2CCCN(C(=O)c3ccoc3)C2)n1. The smallest absolute Gasteiger partial charge is 0.257 e. The van der Waals surface area contributed by atoms with Gasteiger partial charge in [0.25, 0.3) is 5.91 Å². The van der Waals surface area contributed by atoms with Gasteiger partial charge in [-0.1, -0.05) is 6.92 Å². The standard InChI is InChI=1S/C15H18N2O2S/c1-2-13-10-20-14(16-13)11-4-3-6-17(8-11)15(18)12-5-7-19-9-12/h5,7,9-11H,2-4,6,8H2,1H3/t11-/m0/s1. The van der Waals surface area contributed by atoms with Crippen LogP contribution in [0.2, 0.25) is 0 Å². The Morgan fingerprint density at radius 3 is 3.20 bits per heavy atom. The van der Waals surface area contributed by atoms with Crippen molar-refractivity contribution in [1.82, 2.24) is 9.88 Å². The molecule has 0 radical (unpaired) electrons. The summed E-state index contributed by atoms with van der Waals surface area (Å²) in [4.78, 5) is 18.9. The number of aromatic nitrogens is 1. The minimum atomic E-state index is 0.0655. The minimum Gasteiger partial charge on any atom is -0.472 e. The fraction of sp³-hybridized carbons (Fsp3) is 0.467. The van der Waals surface area contributed by atoms with Crippen molar-refractivity contribution in [3.05, 3.63) is 40.2 Å². The average Bonchev–Trinajstić information content (AvgIpc) is 3.17. The maximum absolute atomic E-state index is 12.3. The van der Waals surface area contributed by atoms with Gasteiger partial charge in [-0.15, -0.1) is 11.3 Å². The highest BCUT2D eigenvalue weighted by atomic mass is 32.1. The predicted molar refractivity (Wildman–Crippen MR) is 78.1 cm³/mol. The van der Waals surface area contributed by atoms with Gasteiger partial charge in [-0.25, -0.2) is 4.98 Å². The van der Waals surface area contributed by atoms with E-state index in [2.05, 4.69) is 17.3 Å². The number of carbonyl (C=O) groups is 1. The Bertz CT molecular complexity index is 576. The largest absolute Gasteiger partial charge is 0.472 e. The van der Waals surface area contributed by atoms with E-state index in [1.54, 1.807) is 23.7 Å². The average molecular weight is 290 g/mol. The molecule has 106 valence electrons. The second-order valence-corrected chi connectivity index (χ2v) is 6.02. The summed E-state index contributed by atoms with van der Waals surface area (Å²) < 4.78 is 5.00. The molecule has 0 aliphatic carbocycles. The number of nitrogens with zero attached hydrogens (tertiary/aromatic N) is 2. The first kappa shape index (κ1) is 13.4. The van der Waals surface area contributed by atoms with Gasteiger partial charge in [0.1, 0.15) is 6.26 Å². The summed E-state index contributed by atoms with van der Waals surface area (Å²) in [5, 5.41) is 3.30. The van der Waals surface area contributed by atoms with E-state index >= 15 is 0 Å². The summed E-state index contributed by atoms with van der Waals surface area (Å²) in [5.41, 5.74) is 1.79. The zero-order valence-electron chi connectivity index (χ0n) is 11.5. The van der Waals surface area contributed by atoms with Gasteiger partial charge < -0.3 is 9.32 Å². The van der Waals surface area contributed by atoms with E-state index in [0.29, 0.717) is 11.5 Å². The number of aryl methyl sites for hydroxylation is 1. The third kappa shape index (κ3) is 2.63. The monoisotopic (exact) mass is 290 g/mol. The van der Waals surface area contributed by atoms with E-state index in [1.807, 2.05) is 4.90 Å². The van der Waals surface area contributed by atoms with E-state index in [0.717, 1.165) is 38.0 Å². The highest BCUT2D eigenvalue weighted by molar-refractivity contribution is 7.09. The predicted octanol–water partition coefficient (Wildman–Crippen LogP) is 3.32. The quantitative estimate of drug-likeness (QED) is 0.871. The molecule has 1 fully saturated rings. The number of piperidine rings is 1. The third-order valence-corrected chi connectivity index (χ3v) is 4.81. The van der Waals surface area contributed by atoms with E-state index < -0.39 is 0 Å². The molecule has 0 unspecified atom stereocenters. The molecular weight excluding hydrogens is 272 g/mol. The van der Waals surface area contributed by atoms with Crippen molar-refractivity contribution in [2.24, 2.45) is 0 Å². The lowest BCUT2D eigenvalue weighted by Gasteiger charge is -2.31. The number of furan rings is 1. The molecule has 3 rings (SSSR count). The number of likely N-dealkylation sites (tertiary alicyclic amines) is 1. The number of amides is 1. The van der Waals surface area contributed by atoms with Crippen molar-refractivity contribution in [2.75, 3.05) is 13.1 Å². The summed E-state index contributed by atoms with van der Waals surface area (Å²) in [6, 6.07) is 1.73. The maximum Gasteiger partial charge on any atom is 0.257 e. The summed E-state index contributed by atoms with van der Waals surface area (Å²) >= 11 is 1.72. The number of thiazole rings is 1. The lowest BCUT2D eigenvalue weighted by atomic mass is 9.98. The Labute approximate surface area is 122 Å². The van der Waals surface area contributed by atoms with Crippen LogP contribution in [0.25, 0.3) is 0 Å². The Morgan fingerprint density at radius 1 is 1.60 bits per heavy atom. The molecule has 2 aromatic rings. The van der Waals surface area contributed by atoms with Crippen LogP contribution in [0.1, 0.15) is 46.7 Å². The van der Waals surface area contributed by atoms with E-state index in [1.165, 1.54) is 11.3 Å². The van der Waals surface area contributed by atoms with Crippen LogP contribution in [-0.2, 0) is 6.42 Å². The fourth-order valence-electron chi connectivity index (χ4n) is 2.60. The minimum absolute atomic E-state index is 0.0655. The molecule has 1 atom stereocenters. The van der Waals surface area contributed by atoms with Crippen molar-refractivity contribution < 1.29 is 9.21 Å². The van der Waals surface area contributed by atoms with Crippen LogP contribution in [0.3, 0.4) is 0 Å². The third-order valence-electron chi connectivity index (χ3n) is 3.76. The van der Waals surface area contributed by atoms with Crippen molar-refractivity contribution in [3.63, 3.8) is 0 Å². The molecular formula is C15H18N2O2S. The molecule has 0 aromatic carbocycles. The fourth-order valence-corrected chi connectivity index (χ4v) is 3.64. The molecule has 4 nitrogen and oxygen atoms in total. The van der Waals surface area contributed by atoms with Gasteiger partial charge in [0.2, 0.25) is 0 Å². The van der Waals surface area contributed by atoms with Crippen LogP contribution in [0, 0.1) is 0 Å². The molecule has 1 amide bonds. The Balaban J connectivity index is 1.71. The van der Waals surface area contributed by atoms with Crippen LogP contribution in [0.5, 0.6) is 0 Å². The highest BCUT2D eigenvalue weighted by Gasteiger charge is 2.27. The van der Waals surface area contributed by atoms with Gasteiger partial charge in [0, 0.05) is 24.4 Å². The number of carbonyl (C=O) groups excluding carboxylic acids is 1. The summed E-state index contributed by atoms with van der Waals surface area (Å²) in [7, 11) is 0. The molecule has 20 heavy (non-hydrogen) atoms. The van der Waals surface area contributed by atoms with E-state index in [4.69, 9.17) is 4.42 Å². The van der Waals surface area contributed by atoms with Crippen molar-refractivity contribution in [1.29, 1.82) is 0 Å². The van der Waals surface area contributed by atoms with Crippen molar-refractivity contribution in [3.8, 4) is 0 Å². The molecule has 1 aliphatic heterocycles. The normalized spacial score (nSPS) is 19.2. The van der Waals surface area contributed by atoms with Crippen LogP contribution in [-0.4, -0.2) is 28.9 Å². The van der Waals surface area contributed by atoms with Crippen molar-refractivity contribution in [2.45, 2.75) is 32.1 Å². The van der Waals surface area contributed by atoms with Crippen LogP contribution < -0.4 is 0 Å². The van der Waals surface area contributed by atoms with Gasteiger partial charge in [-0.05, 0) is 25.3 Å². The Kier molecular flexibility index (Phi) is 3.87. The van der Waals surface area contributed by atoms with Gasteiger partial charge in [0.15, 0.2) is 0 Å². The molecule has 0 spiro atoms. The zero-order chi connectivity index (χ0) is 13.9. The summed E-state index contributed by atoms with van der Waals surface area (Å²) in [5.74, 6) is 0.445. The van der Waals surface area contributed by atoms with Gasteiger partial charge >= 0.3 is 0 Å². The molecule has 1 aliphatic rings. The molecule has 0 N–H and O–H groups in total. The van der Waals surface area contributed by atoms with Gasteiger partial charge in [-0.2, -0.15) is 0 Å². The van der Waals surface area contributed by atoms with Gasteiger partial charge in [0.05, 0.1) is 22.5 Å². The second-order valence-electron chi connectivity index (χ2n) is 5.13. The summed E-state index contributed by atoms with van der Waals surface area (Å²) in [6.45, 7) is 3.71. The van der Waals surface area contributed by atoms with E-state index in [9.17, 15) is 4.79 Å². The number of rotatable bonds is 3. The summed E-state index contributed by atoms with van der Waals surface area (Å²) in [6.07, 6.45) is 6.19. The Hall–Kier alpha value is -1.62. The molecule has 0 saturated carbocycles. The first-order valence-electron chi connectivity index (χ1n) is 7.03. The zero-order valence-corrected chi connectivity index (χ0v) is 12.4. The van der Waals surface area contributed by atoms with Crippen molar-refractivity contribution >= 4 is 17.2 Å². The first-order valence-corrected chi connectivity index (χ1v) is 7.91. The number of hydrogen-bond donors (Lipinski definition) is 0. The topological polar surface area (TPSA) is 46.3 Å². The molecule has 3 heterocycles. The first-order chi connectivity index (χ1) is 9.78. The number of hydrogen-bond acceptors (Lipinski definition) is 4. The maximum atomic E-state index is 12.3. The van der Waals surface area contributed by atoms with Crippen LogP contribution in [0.4, 0.5) is 0 Å². The lowest BCUT2D eigenvalue weighted by molar-refractivity contribution is 0.0706.